The Morgan fingerprint density at radius 2 is 1.91 bits per heavy atom. The van der Waals surface area contributed by atoms with Crippen molar-refractivity contribution in [3.63, 3.8) is 0 Å². The van der Waals surface area contributed by atoms with Gasteiger partial charge in [0.25, 0.3) is 16.8 Å². The number of amides is 3. The van der Waals surface area contributed by atoms with Crippen molar-refractivity contribution in [2.75, 3.05) is 11.9 Å². The number of anilines is 1. The Morgan fingerprint density at radius 3 is 2.63 bits per heavy atom. The van der Waals surface area contributed by atoms with Crippen LogP contribution < -0.4 is 5.32 Å². The second-order valence-corrected chi connectivity index (χ2v) is 8.88. The fourth-order valence-electron chi connectivity index (χ4n) is 3.07. The van der Waals surface area contributed by atoms with Crippen molar-refractivity contribution < 1.29 is 28.1 Å². The van der Waals surface area contributed by atoms with Crippen molar-refractivity contribution in [1.29, 1.82) is 0 Å². The Bertz CT molecular complexity index is 1420. The van der Waals surface area contributed by atoms with Crippen LogP contribution in [0.2, 0.25) is 10.0 Å². The largest absolute Gasteiger partial charge is 0.457 e. The molecule has 35 heavy (non-hydrogen) atoms. The highest BCUT2D eigenvalue weighted by atomic mass is 35.5. The summed E-state index contributed by atoms with van der Waals surface area (Å²) in [5.41, 5.74) is 0.310. The molecule has 2 aromatic carbocycles. The van der Waals surface area contributed by atoms with Crippen LogP contribution in [0.25, 0.3) is 17.4 Å². The quantitative estimate of drug-likeness (QED) is 0.234. The van der Waals surface area contributed by atoms with Crippen LogP contribution in [0.15, 0.2) is 57.9 Å². The van der Waals surface area contributed by atoms with Crippen molar-refractivity contribution in [1.82, 2.24) is 4.90 Å². The van der Waals surface area contributed by atoms with Gasteiger partial charge in [-0.3, -0.25) is 29.4 Å². The summed E-state index contributed by atoms with van der Waals surface area (Å²) in [5, 5.41) is 12.7. The maximum absolute atomic E-state index is 13.3. The molecular weight excluding hydrogens is 524 g/mol. The summed E-state index contributed by atoms with van der Waals surface area (Å²) in [6.45, 7) is -0.561. The Balaban J connectivity index is 1.47. The smallest absolute Gasteiger partial charge is 0.294 e. The highest BCUT2D eigenvalue weighted by Crippen LogP contribution is 2.35. The molecule has 1 fully saturated rings. The maximum atomic E-state index is 13.3. The Kier molecular flexibility index (Phi) is 6.92. The zero-order valence-electron chi connectivity index (χ0n) is 17.3. The van der Waals surface area contributed by atoms with Crippen LogP contribution in [-0.2, 0) is 9.59 Å². The number of furan rings is 1. The van der Waals surface area contributed by atoms with Gasteiger partial charge in [-0.2, -0.15) is 0 Å². The minimum absolute atomic E-state index is 0.0224. The lowest BCUT2D eigenvalue weighted by Crippen LogP contribution is -2.36. The van der Waals surface area contributed by atoms with Crippen molar-refractivity contribution >= 4 is 69.5 Å². The highest BCUT2D eigenvalue weighted by molar-refractivity contribution is 8.18. The van der Waals surface area contributed by atoms with Gasteiger partial charge in [-0.25, -0.2) is 4.39 Å². The van der Waals surface area contributed by atoms with Crippen LogP contribution in [0.3, 0.4) is 0 Å². The molecule has 0 aliphatic carbocycles. The first-order valence-corrected chi connectivity index (χ1v) is 11.2. The number of halogens is 3. The number of imide groups is 1. The summed E-state index contributed by atoms with van der Waals surface area (Å²) < 4.78 is 18.9. The van der Waals surface area contributed by atoms with Gasteiger partial charge < -0.3 is 9.73 Å². The van der Waals surface area contributed by atoms with E-state index in [2.05, 4.69) is 5.32 Å². The number of thioether (sulfide) groups is 1. The molecule has 1 aliphatic rings. The fraction of sp³-hybridized carbons (Fsp3) is 0.0455. The Labute approximate surface area is 210 Å². The van der Waals surface area contributed by atoms with E-state index in [0.717, 1.165) is 11.0 Å². The predicted octanol–water partition coefficient (Wildman–Crippen LogP) is 5.98. The summed E-state index contributed by atoms with van der Waals surface area (Å²) >= 11 is 12.1. The number of nitrogens with one attached hydrogen (secondary N) is 1. The number of nitrogens with zero attached hydrogens (tertiary/aromatic N) is 2. The molecule has 0 bridgehead atoms. The minimum atomic E-state index is -0.702. The number of carbonyl (C=O) groups excluding carboxylic acids is 3. The van der Waals surface area contributed by atoms with Gasteiger partial charge in [0.1, 0.15) is 28.9 Å². The van der Waals surface area contributed by atoms with Crippen LogP contribution in [0.1, 0.15) is 5.76 Å². The number of benzene rings is 2. The highest BCUT2D eigenvalue weighted by Gasteiger charge is 2.36. The van der Waals surface area contributed by atoms with E-state index in [0.29, 0.717) is 17.3 Å². The molecule has 178 valence electrons. The Hall–Kier alpha value is -3.67. The van der Waals surface area contributed by atoms with E-state index in [1.807, 2.05) is 0 Å². The van der Waals surface area contributed by atoms with Gasteiger partial charge in [-0.1, -0.05) is 23.2 Å². The molecule has 0 saturated carbocycles. The maximum Gasteiger partial charge on any atom is 0.294 e. The zero-order chi connectivity index (χ0) is 25.3. The first-order chi connectivity index (χ1) is 16.6. The average molecular weight is 536 g/mol. The molecule has 1 N–H and O–H groups in total. The minimum Gasteiger partial charge on any atom is -0.457 e. The number of carbonyl (C=O) groups is 3. The first-order valence-electron chi connectivity index (χ1n) is 9.67. The van der Waals surface area contributed by atoms with Crippen LogP contribution >= 0.6 is 35.0 Å². The van der Waals surface area contributed by atoms with Gasteiger partial charge in [0.2, 0.25) is 5.91 Å². The summed E-state index contributed by atoms with van der Waals surface area (Å²) in [4.78, 5) is 48.5. The number of nitro benzene ring substituents is 1. The van der Waals surface area contributed by atoms with Crippen LogP contribution in [-0.4, -0.2) is 33.4 Å². The SMILES string of the molecule is O=C(CN1C(=O)S/C(=C/c2ccc(-c3ccc(Cl)c([N+](=O)[O-])c3)o2)C1=O)Nc1ccc(F)c(Cl)c1. The van der Waals surface area contributed by atoms with E-state index >= 15 is 0 Å². The van der Waals surface area contributed by atoms with E-state index in [1.54, 1.807) is 12.1 Å². The molecule has 0 spiro atoms. The molecule has 0 radical (unpaired) electrons. The van der Waals surface area contributed by atoms with Gasteiger partial charge in [0.05, 0.1) is 14.9 Å². The van der Waals surface area contributed by atoms with E-state index in [-0.39, 0.29) is 37.8 Å². The number of hydrogen-bond donors (Lipinski definition) is 1. The van der Waals surface area contributed by atoms with Gasteiger partial charge in [0, 0.05) is 23.4 Å². The van der Waals surface area contributed by atoms with Crippen LogP contribution in [0, 0.1) is 15.9 Å². The van der Waals surface area contributed by atoms with Gasteiger partial charge in [-0.05, 0) is 54.2 Å². The summed E-state index contributed by atoms with van der Waals surface area (Å²) in [5.74, 6) is -1.54. The molecular formula is C22H12Cl2FN3O6S. The summed E-state index contributed by atoms with van der Waals surface area (Å²) in [7, 11) is 0. The van der Waals surface area contributed by atoms with Crippen molar-refractivity contribution in [3.8, 4) is 11.3 Å². The lowest BCUT2D eigenvalue weighted by atomic mass is 10.1. The standard InChI is InChI=1S/C22H12Cl2FN3O6S/c23-14-4-1-11(7-17(14)28(32)33)18-6-3-13(34-18)9-19-21(30)27(22(31)35-19)10-20(29)26-12-2-5-16(25)15(24)8-12/h1-9H,10H2,(H,26,29)/b19-9+. The van der Waals surface area contributed by atoms with Crippen molar-refractivity contribution in [3.05, 3.63) is 85.2 Å². The molecule has 9 nitrogen and oxygen atoms in total. The normalized spacial score (nSPS) is 14.6. The topological polar surface area (TPSA) is 123 Å². The lowest BCUT2D eigenvalue weighted by Gasteiger charge is -2.12. The van der Waals surface area contributed by atoms with E-state index in [9.17, 15) is 28.9 Å². The van der Waals surface area contributed by atoms with Crippen molar-refractivity contribution in [2.24, 2.45) is 0 Å². The molecule has 0 unspecified atom stereocenters. The van der Waals surface area contributed by atoms with E-state index in [1.165, 1.54) is 36.4 Å². The van der Waals surface area contributed by atoms with Gasteiger partial charge >= 0.3 is 0 Å². The number of rotatable bonds is 6. The fourth-order valence-corrected chi connectivity index (χ4v) is 4.26. The monoisotopic (exact) mass is 535 g/mol. The third-order valence-corrected chi connectivity index (χ3v) is 6.22. The first kappa shape index (κ1) is 24.5. The molecule has 1 aliphatic heterocycles. The van der Waals surface area contributed by atoms with Crippen molar-refractivity contribution in [2.45, 2.75) is 0 Å². The molecule has 1 saturated heterocycles. The molecule has 3 amide bonds. The molecule has 4 rings (SSSR count). The van der Waals surface area contributed by atoms with Crippen LogP contribution in [0.5, 0.6) is 0 Å². The van der Waals surface area contributed by atoms with E-state index in [4.69, 9.17) is 27.6 Å². The van der Waals surface area contributed by atoms with Gasteiger partial charge in [0.15, 0.2) is 0 Å². The second kappa shape index (κ2) is 9.90. The predicted molar refractivity (Wildman–Crippen MR) is 129 cm³/mol. The summed E-state index contributed by atoms with van der Waals surface area (Å²) in [6, 6.07) is 10.8. The number of nitro groups is 1. The zero-order valence-corrected chi connectivity index (χ0v) is 19.6. The third-order valence-electron chi connectivity index (χ3n) is 4.71. The van der Waals surface area contributed by atoms with Crippen LogP contribution in [0.4, 0.5) is 20.6 Å². The average Bonchev–Trinajstić information content (AvgIpc) is 3.37. The third kappa shape index (κ3) is 5.37. The molecule has 1 aromatic heterocycles. The lowest BCUT2D eigenvalue weighted by molar-refractivity contribution is -0.384. The van der Waals surface area contributed by atoms with Gasteiger partial charge in [-0.15, -0.1) is 0 Å². The Morgan fingerprint density at radius 1 is 1.14 bits per heavy atom. The molecule has 3 aromatic rings. The molecule has 13 heteroatoms. The number of hydrogen-bond acceptors (Lipinski definition) is 7. The second-order valence-electron chi connectivity index (χ2n) is 7.07. The molecule has 0 atom stereocenters. The van der Waals surface area contributed by atoms with E-state index < -0.39 is 34.3 Å². The summed E-state index contributed by atoms with van der Waals surface area (Å²) in [6.07, 6.45) is 1.33. The molecule has 2 heterocycles.